The minimum absolute atomic E-state index is 0.320. The quantitative estimate of drug-likeness (QED) is 0.350. The van der Waals surface area contributed by atoms with Crippen LogP contribution in [-0.2, 0) is 10.3 Å². The molecule has 1 fully saturated rings. The smallest absolute Gasteiger partial charge is 0.256 e. The van der Waals surface area contributed by atoms with Crippen LogP contribution in [0.25, 0.3) is 0 Å². The van der Waals surface area contributed by atoms with E-state index in [1.54, 1.807) is 36.2 Å². The summed E-state index contributed by atoms with van der Waals surface area (Å²) < 4.78 is 7.02. The van der Waals surface area contributed by atoms with Gasteiger partial charge in [0.25, 0.3) is 11.9 Å². The summed E-state index contributed by atoms with van der Waals surface area (Å²) in [7, 11) is 1.77. The van der Waals surface area contributed by atoms with E-state index in [0.717, 1.165) is 5.56 Å². The highest BCUT2D eigenvalue weighted by molar-refractivity contribution is 9.11. The summed E-state index contributed by atoms with van der Waals surface area (Å²) in [4.78, 5) is 27.0. The number of benzene rings is 2. The van der Waals surface area contributed by atoms with Crippen molar-refractivity contribution in [1.82, 2.24) is 4.90 Å². The average molecular weight is 537 g/mol. The highest BCUT2D eigenvalue weighted by Crippen LogP contribution is 2.52. The van der Waals surface area contributed by atoms with Gasteiger partial charge in [-0.15, -0.1) is 0 Å². The molecule has 1 amide bonds. The fourth-order valence-corrected chi connectivity index (χ4v) is 6.10. The standard InChI is InChI=1S/C21H19Br2N3O4/c1-3-8-30-18-15(22)9-12(10-16(18)23)13-11-25(2)21(19(13)26(28)29)14-6-4-5-7-17(14)24-20(21)27/h3-7,9-10,13,19H,1,8,11H2,2H3,(H,24,27)/t13-,19+,21+/m0/s1. The lowest BCUT2D eigenvalue weighted by atomic mass is 9.79. The zero-order valence-electron chi connectivity index (χ0n) is 16.1. The number of nitrogens with one attached hydrogen (secondary N) is 1. The van der Waals surface area contributed by atoms with Gasteiger partial charge in [-0.2, -0.15) is 0 Å². The molecule has 2 aliphatic rings. The molecule has 0 aliphatic carbocycles. The Kier molecular flexibility index (Phi) is 5.46. The number of amides is 1. The first-order chi connectivity index (χ1) is 14.3. The zero-order valence-corrected chi connectivity index (χ0v) is 19.3. The number of ether oxygens (including phenoxy) is 1. The van der Waals surface area contributed by atoms with Gasteiger partial charge in [0.1, 0.15) is 12.4 Å². The minimum Gasteiger partial charge on any atom is -0.487 e. The van der Waals surface area contributed by atoms with E-state index in [-0.39, 0.29) is 10.8 Å². The second-order valence-electron chi connectivity index (χ2n) is 7.40. The van der Waals surface area contributed by atoms with Crippen LogP contribution in [0.5, 0.6) is 5.75 Å². The third-order valence-corrected chi connectivity index (χ3v) is 7.01. The summed E-state index contributed by atoms with van der Waals surface area (Å²) in [5.74, 6) is -0.260. The lowest BCUT2D eigenvalue weighted by Crippen LogP contribution is -2.54. The van der Waals surface area contributed by atoms with Crippen LogP contribution in [0.2, 0.25) is 0 Å². The summed E-state index contributed by atoms with van der Waals surface area (Å²) in [5, 5.41) is 15.2. The number of hydrogen-bond acceptors (Lipinski definition) is 5. The van der Waals surface area contributed by atoms with E-state index in [0.29, 0.717) is 39.1 Å². The number of carbonyl (C=O) groups excluding carboxylic acids is 1. The van der Waals surface area contributed by atoms with Gasteiger partial charge < -0.3 is 10.1 Å². The van der Waals surface area contributed by atoms with Crippen LogP contribution < -0.4 is 10.1 Å². The van der Waals surface area contributed by atoms with Crippen molar-refractivity contribution in [1.29, 1.82) is 0 Å². The number of hydrogen-bond donors (Lipinski definition) is 1. The minimum atomic E-state index is -1.36. The molecule has 2 heterocycles. The number of para-hydroxylation sites is 1. The van der Waals surface area contributed by atoms with Crippen molar-refractivity contribution in [2.24, 2.45) is 0 Å². The monoisotopic (exact) mass is 535 g/mol. The summed E-state index contributed by atoms with van der Waals surface area (Å²) in [6.07, 6.45) is 1.64. The Morgan fingerprint density at radius 1 is 1.37 bits per heavy atom. The van der Waals surface area contributed by atoms with Crippen LogP contribution in [0.3, 0.4) is 0 Å². The molecule has 2 aromatic carbocycles. The largest absolute Gasteiger partial charge is 0.487 e. The lowest BCUT2D eigenvalue weighted by molar-refractivity contribution is -0.534. The maximum absolute atomic E-state index is 13.2. The summed E-state index contributed by atoms with van der Waals surface area (Å²) in [6, 6.07) is 9.69. The van der Waals surface area contributed by atoms with Crippen LogP contribution in [0.4, 0.5) is 5.69 Å². The fraction of sp³-hybridized carbons (Fsp3) is 0.286. The van der Waals surface area contributed by atoms with Crippen molar-refractivity contribution in [3.8, 4) is 5.75 Å². The van der Waals surface area contributed by atoms with Crippen molar-refractivity contribution >= 4 is 43.5 Å². The molecule has 156 valence electrons. The number of anilines is 1. The predicted octanol–water partition coefficient (Wildman–Crippen LogP) is 4.30. The lowest BCUT2D eigenvalue weighted by Gasteiger charge is -2.30. The molecule has 2 aromatic rings. The van der Waals surface area contributed by atoms with Gasteiger partial charge in [0.05, 0.1) is 14.9 Å². The molecular weight excluding hydrogens is 518 g/mol. The molecule has 0 aromatic heterocycles. The highest BCUT2D eigenvalue weighted by atomic mass is 79.9. The number of likely N-dealkylation sites (N-methyl/N-ethyl adjacent to an activating group) is 1. The van der Waals surface area contributed by atoms with E-state index in [1.165, 1.54) is 0 Å². The number of fused-ring (bicyclic) bond motifs is 2. The first kappa shape index (κ1) is 21.0. The second kappa shape index (κ2) is 7.79. The van der Waals surface area contributed by atoms with Crippen molar-refractivity contribution in [3.63, 3.8) is 0 Å². The first-order valence-electron chi connectivity index (χ1n) is 9.30. The molecule has 1 saturated heterocycles. The molecule has 3 atom stereocenters. The molecule has 4 rings (SSSR count). The van der Waals surface area contributed by atoms with Gasteiger partial charge in [0.2, 0.25) is 0 Å². The van der Waals surface area contributed by atoms with Gasteiger partial charge >= 0.3 is 0 Å². The molecule has 0 radical (unpaired) electrons. The van der Waals surface area contributed by atoms with E-state index in [9.17, 15) is 14.9 Å². The molecule has 7 nitrogen and oxygen atoms in total. The number of nitro groups is 1. The van der Waals surface area contributed by atoms with Gasteiger partial charge in [0.15, 0.2) is 5.54 Å². The van der Waals surface area contributed by atoms with Crippen molar-refractivity contribution in [2.75, 3.05) is 25.5 Å². The van der Waals surface area contributed by atoms with Crippen LogP contribution >= 0.6 is 31.9 Å². The molecule has 30 heavy (non-hydrogen) atoms. The summed E-state index contributed by atoms with van der Waals surface area (Å²) in [5.41, 5.74) is 0.660. The molecule has 0 unspecified atom stereocenters. The number of nitrogens with zero attached hydrogens (tertiary/aromatic N) is 2. The second-order valence-corrected chi connectivity index (χ2v) is 9.11. The van der Waals surface area contributed by atoms with Crippen LogP contribution in [0, 0.1) is 10.1 Å². The topological polar surface area (TPSA) is 84.7 Å². The van der Waals surface area contributed by atoms with Crippen LogP contribution in [-0.4, -0.2) is 42.0 Å². The average Bonchev–Trinajstić information content (AvgIpc) is 3.17. The Morgan fingerprint density at radius 2 is 2.03 bits per heavy atom. The first-order valence-corrected chi connectivity index (χ1v) is 10.9. The molecule has 9 heteroatoms. The molecule has 0 bridgehead atoms. The van der Waals surface area contributed by atoms with Gasteiger partial charge in [-0.3, -0.25) is 19.8 Å². The van der Waals surface area contributed by atoms with Crippen LogP contribution in [0.1, 0.15) is 17.0 Å². The van der Waals surface area contributed by atoms with Gasteiger partial charge in [-0.1, -0.05) is 30.9 Å². The van der Waals surface area contributed by atoms with E-state index in [2.05, 4.69) is 43.8 Å². The fourth-order valence-electron chi connectivity index (χ4n) is 4.65. The third kappa shape index (κ3) is 2.99. The van der Waals surface area contributed by atoms with Gasteiger partial charge in [-0.05, 0) is 62.7 Å². The Hall–Kier alpha value is -2.23. The van der Waals surface area contributed by atoms with E-state index < -0.39 is 17.5 Å². The van der Waals surface area contributed by atoms with Crippen molar-refractivity contribution in [2.45, 2.75) is 17.5 Å². The van der Waals surface area contributed by atoms with Crippen LogP contribution in [0.15, 0.2) is 58.0 Å². The predicted molar refractivity (Wildman–Crippen MR) is 120 cm³/mol. The normalized spacial score (nSPS) is 25.2. The molecule has 1 spiro atoms. The molecule has 2 aliphatic heterocycles. The third-order valence-electron chi connectivity index (χ3n) is 5.84. The Labute approximate surface area is 190 Å². The zero-order chi connectivity index (χ0) is 21.6. The van der Waals surface area contributed by atoms with E-state index in [1.807, 2.05) is 18.2 Å². The Balaban J connectivity index is 1.83. The molecule has 0 saturated carbocycles. The summed E-state index contributed by atoms with van der Waals surface area (Å²) in [6.45, 7) is 4.34. The number of likely N-dealkylation sites (tertiary alicyclic amines) is 1. The highest BCUT2D eigenvalue weighted by Gasteiger charge is 2.68. The Bertz CT molecular complexity index is 1040. The number of carbonyl (C=O) groups is 1. The molecule has 1 N–H and O–H groups in total. The Morgan fingerprint density at radius 3 is 2.67 bits per heavy atom. The SMILES string of the molecule is C=CCOc1c(Br)cc([C@@H]2CN(C)[C@@]3(C(=O)Nc4ccccc43)[C@@H]2[N+](=O)[O-])cc1Br. The van der Waals surface area contributed by atoms with E-state index in [4.69, 9.17) is 4.74 Å². The van der Waals surface area contributed by atoms with Gasteiger partial charge in [0, 0.05) is 22.7 Å². The maximum atomic E-state index is 13.2. The number of halogens is 2. The van der Waals surface area contributed by atoms with Crippen molar-refractivity contribution < 1.29 is 14.5 Å². The van der Waals surface area contributed by atoms with E-state index >= 15 is 0 Å². The number of rotatable bonds is 5. The van der Waals surface area contributed by atoms with Crippen molar-refractivity contribution in [3.05, 3.63) is 79.2 Å². The molecular formula is C21H19Br2N3O4. The maximum Gasteiger partial charge on any atom is 0.256 e. The summed E-state index contributed by atoms with van der Waals surface area (Å²) >= 11 is 7.02. The van der Waals surface area contributed by atoms with Gasteiger partial charge in [-0.25, -0.2) is 0 Å².